The van der Waals surface area contributed by atoms with Gasteiger partial charge < -0.3 is 14.8 Å². The quantitative estimate of drug-likeness (QED) is 0.479. The fourth-order valence-electron chi connectivity index (χ4n) is 3.49. The minimum absolute atomic E-state index is 0.0833. The summed E-state index contributed by atoms with van der Waals surface area (Å²) in [6, 6.07) is 14.1. The fourth-order valence-corrected chi connectivity index (χ4v) is 4.57. The van der Waals surface area contributed by atoms with E-state index in [4.69, 9.17) is 9.47 Å². The number of benzene rings is 2. The van der Waals surface area contributed by atoms with Crippen LogP contribution >= 0.6 is 0 Å². The molecule has 0 fully saturated rings. The highest BCUT2D eigenvalue weighted by atomic mass is 32.2. The molecule has 168 valence electrons. The number of ether oxygens (including phenoxy) is 2. The molecule has 0 spiro atoms. The topological polar surface area (TPSA) is 107 Å². The highest BCUT2D eigenvalue weighted by molar-refractivity contribution is 7.89. The van der Waals surface area contributed by atoms with Gasteiger partial charge in [-0.15, -0.1) is 0 Å². The Kier molecular flexibility index (Phi) is 6.87. The van der Waals surface area contributed by atoms with Crippen LogP contribution in [0.15, 0.2) is 59.6 Å². The summed E-state index contributed by atoms with van der Waals surface area (Å²) in [4.78, 5) is 16.8. The van der Waals surface area contributed by atoms with Gasteiger partial charge in [0.2, 0.25) is 15.9 Å². The number of sulfonamides is 1. The molecule has 2 heterocycles. The second-order valence-corrected chi connectivity index (χ2v) is 9.21. The molecule has 9 heteroatoms. The third-order valence-corrected chi connectivity index (χ3v) is 6.56. The summed E-state index contributed by atoms with van der Waals surface area (Å²) in [6.45, 7) is 1.15. The number of anilines is 1. The lowest BCUT2D eigenvalue weighted by Gasteiger charge is -2.18. The summed E-state index contributed by atoms with van der Waals surface area (Å²) in [5.74, 6) is 0.902. The van der Waals surface area contributed by atoms with Crippen molar-refractivity contribution >= 4 is 32.5 Å². The largest absolute Gasteiger partial charge is 0.486 e. The highest BCUT2D eigenvalue weighted by Gasteiger charge is 2.19. The van der Waals surface area contributed by atoms with Crippen LogP contribution in [0.1, 0.15) is 25.7 Å². The first kappa shape index (κ1) is 22.0. The van der Waals surface area contributed by atoms with Gasteiger partial charge in [-0.2, -0.15) is 0 Å². The predicted octanol–water partition coefficient (Wildman–Crippen LogP) is 3.48. The van der Waals surface area contributed by atoms with Gasteiger partial charge in [-0.05, 0) is 37.1 Å². The molecule has 0 bridgehead atoms. The summed E-state index contributed by atoms with van der Waals surface area (Å²) in [7, 11) is -3.63. The minimum atomic E-state index is -3.63. The number of carbonyl (C=O) groups excluding carboxylic acids is 1. The second-order valence-electron chi connectivity index (χ2n) is 7.44. The molecule has 1 aliphatic heterocycles. The van der Waals surface area contributed by atoms with Gasteiger partial charge in [0.25, 0.3) is 0 Å². The average Bonchev–Trinajstić information content (AvgIpc) is 2.81. The van der Waals surface area contributed by atoms with Crippen LogP contribution in [-0.4, -0.2) is 39.1 Å². The number of rotatable bonds is 9. The summed E-state index contributed by atoms with van der Waals surface area (Å²) < 4.78 is 38.4. The van der Waals surface area contributed by atoms with E-state index in [1.54, 1.807) is 12.3 Å². The van der Waals surface area contributed by atoms with Gasteiger partial charge in [-0.25, -0.2) is 13.1 Å². The minimum Gasteiger partial charge on any atom is -0.486 e. The number of carbonyl (C=O) groups is 1. The molecule has 0 radical (unpaired) electrons. The zero-order valence-corrected chi connectivity index (χ0v) is 18.4. The van der Waals surface area contributed by atoms with Crippen LogP contribution in [0, 0.1) is 0 Å². The summed E-state index contributed by atoms with van der Waals surface area (Å²) >= 11 is 0. The molecule has 3 aromatic rings. The van der Waals surface area contributed by atoms with Crippen LogP contribution in [0.3, 0.4) is 0 Å². The van der Waals surface area contributed by atoms with E-state index in [0.717, 1.165) is 17.3 Å². The van der Waals surface area contributed by atoms with Crippen molar-refractivity contribution in [1.29, 1.82) is 0 Å². The van der Waals surface area contributed by atoms with Crippen molar-refractivity contribution in [3.8, 4) is 11.5 Å². The lowest BCUT2D eigenvalue weighted by atomic mass is 10.1. The molecular formula is C23H25N3O5S. The molecule has 2 N–H and O–H groups in total. The van der Waals surface area contributed by atoms with E-state index in [1.165, 1.54) is 12.1 Å². The third kappa shape index (κ3) is 5.35. The maximum Gasteiger partial charge on any atom is 0.240 e. The van der Waals surface area contributed by atoms with E-state index >= 15 is 0 Å². The normalized spacial score (nSPS) is 13.1. The second kappa shape index (κ2) is 9.97. The molecule has 0 saturated heterocycles. The fraction of sp³-hybridized carbons (Fsp3) is 0.304. The summed E-state index contributed by atoms with van der Waals surface area (Å²) in [6.07, 6.45) is 4.08. The maximum absolute atomic E-state index is 12.5. The molecule has 1 amide bonds. The Morgan fingerprint density at radius 2 is 1.78 bits per heavy atom. The monoisotopic (exact) mass is 455 g/mol. The Bertz CT molecular complexity index is 1210. The maximum atomic E-state index is 12.5. The number of fused-ring (bicyclic) bond motifs is 2. The molecule has 4 rings (SSSR count). The molecular weight excluding hydrogens is 430 g/mol. The van der Waals surface area contributed by atoms with E-state index in [-0.39, 0.29) is 10.8 Å². The standard InChI is InChI=1S/C23H25N3O5S/c27-22(26-19-8-4-6-17-7-5-12-24-23(17)19)9-2-1-3-13-25-32(28,29)18-10-11-20-21(16-18)31-15-14-30-20/h4-8,10-12,16,25H,1-3,9,13-15H2,(H,26,27). The van der Waals surface area contributed by atoms with Gasteiger partial charge in [0.1, 0.15) is 13.2 Å². The van der Waals surface area contributed by atoms with E-state index < -0.39 is 10.0 Å². The average molecular weight is 456 g/mol. The number of aromatic nitrogens is 1. The number of nitrogens with zero attached hydrogens (tertiary/aromatic N) is 1. The van der Waals surface area contributed by atoms with Crippen molar-refractivity contribution < 1.29 is 22.7 Å². The van der Waals surface area contributed by atoms with Crippen molar-refractivity contribution in [2.45, 2.75) is 30.6 Å². The molecule has 32 heavy (non-hydrogen) atoms. The zero-order chi connectivity index (χ0) is 22.4. The van der Waals surface area contributed by atoms with E-state index in [2.05, 4.69) is 15.0 Å². The number of pyridine rings is 1. The van der Waals surface area contributed by atoms with Gasteiger partial charge >= 0.3 is 0 Å². The number of hydrogen-bond donors (Lipinski definition) is 2. The molecule has 1 aromatic heterocycles. The van der Waals surface area contributed by atoms with Gasteiger partial charge in [0.05, 0.1) is 16.1 Å². The summed E-state index contributed by atoms with van der Waals surface area (Å²) in [5.41, 5.74) is 1.46. The molecule has 0 atom stereocenters. The van der Waals surface area contributed by atoms with Gasteiger partial charge in [-0.3, -0.25) is 9.78 Å². The van der Waals surface area contributed by atoms with E-state index in [9.17, 15) is 13.2 Å². The highest BCUT2D eigenvalue weighted by Crippen LogP contribution is 2.32. The number of hydrogen-bond acceptors (Lipinski definition) is 6. The first-order valence-electron chi connectivity index (χ1n) is 10.6. The predicted molar refractivity (Wildman–Crippen MR) is 121 cm³/mol. The number of para-hydroxylation sites is 1. The van der Waals surface area contributed by atoms with E-state index in [1.807, 2.05) is 30.3 Å². The first-order chi connectivity index (χ1) is 15.5. The Labute approximate surface area is 187 Å². The molecule has 0 aliphatic carbocycles. The van der Waals surface area contributed by atoms with Crippen LogP contribution in [0.2, 0.25) is 0 Å². The van der Waals surface area contributed by atoms with Gasteiger partial charge in [0.15, 0.2) is 11.5 Å². The van der Waals surface area contributed by atoms with Gasteiger partial charge in [0, 0.05) is 30.6 Å². The Morgan fingerprint density at radius 3 is 2.66 bits per heavy atom. The smallest absolute Gasteiger partial charge is 0.240 e. The van der Waals surface area contributed by atoms with E-state index in [0.29, 0.717) is 56.2 Å². The number of nitrogens with one attached hydrogen (secondary N) is 2. The van der Waals surface area contributed by atoms with Crippen LogP contribution in [0.4, 0.5) is 5.69 Å². The Balaban J connectivity index is 1.20. The van der Waals surface area contributed by atoms with Crippen molar-refractivity contribution in [2.75, 3.05) is 25.1 Å². The molecule has 1 aliphatic rings. The van der Waals surface area contributed by atoms with Crippen LogP contribution < -0.4 is 19.5 Å². The molecule has 8 nitrogen and oxygen atoms in total. The molecule has 2 aromatic carbocycles. The van der Waals surface area contributed by atoms with Crippen molar-refractivity contribution in [1.82, 2.24) is 9.71 Å². The Hall–Kier alpha value is -3.17. The van der Waals surface area contributed by atoms with Crippen LogP contribution in [0.25, 0.3) is 10.9 Å². The van der Waals surface area contributed by atoms with Crippen molar-refractivity contribution in [3.63, 3.8) is 0 Å². The number of unbranched alkanes of at least 4 members (excludes halogenated alkanes) is 2. The lowest BCUT2D eigenvalue weighted by molar-refractivity contribution is -0.116. The van der Waals surface area contributed by atoms with Crippen molar-refractivity contribution in [3.05, 3.63) is 54.7 Å². The number of amides is 1. The third-order valence-electron chi connectivity index (χ3n) is 5.10. The molecule has 0 unspecified atom stereocenters. The lowest BCUT2D eigenvalue weighted by Crippen LogP contribution is -2.25. The van der Waals surface area contributed by atoms with Gasteiger partial charge in [-0.1, -0.05) is 24.6 Å². The Morgan fingerprint density at radius 1 is 0.969 bits per heavy atom. The van der Waals surface area contributed by atoms with Crippen LogP contribution in [-0.2, 0) is 14.8 Å². The molecule has 0 saturated carbocycles. The summed E-state index contributed by atoms with van der Waals surface area (Å²) in [5, 5.41) is 3.88. The van der Waals surface area contributed by atoms with Crippen molar-refractivity contribution in [2.24, 2.45) is 0 Å². The SMILES string of the molecule is O=C(CCCCCNS(=O)(=O)c1ccc2c(c1)OCCO2)Nc1cccc2cccnc12. The van der Waals surface area contributed by atoms with Crippen LogP contribution in [0.5, 0.6) is 11.5 Å². The zero-order valence-electron chi connectivity index (χ0n) is 17.5. The first-order valence-corrected chi connectivity index (χ1v) is 12.0.